The first-order valence-electron chi connectivity index (χ1n) is 9.25. The summed E-state index contributed by atoms with van der Waals surface area (Å²) in [5.74, 6) is 1.46. The van der Waals surface area contributed by atoms with E-state index < -0.39 is 0 Å². The van der Waals surface area contributed by atoms with Gasteiger partial charge in [-0.1, -0.05) is 41.6 Å². The summed E-state index contributed by atoms with van der Waals surface area (Å²) in [5, 5.41) is 5.16. The minimum atomic E-state index is -0.0877. The summed E-state index contributed by atoms with van der Waals surface area (Å²) in [6.45, 7) is 6.91. The van der Waals surface area contributed by atoms with E-state index in [9.17, 15) is 4.79 Å². The molecule has 0 bridgehead atoms. The van der Waals surface area contributed by atoms with Crippen LogP contribution < -0.4 is 5.56 Å². The Morgan fingerprint density at radius 1 is 1.14 bits per heavy atom. The minimum absolute atomic E-state index is 0.0877. The van der Waals surface area contributed by atoms with E-state index in [0.29, 0.717) is 29.3 Å². The standard InChI is InChI=1S/C21H22N4O2S/c1-4-25-19-18(15(3)23-25)22-21(28-13-16-9-7-14(2)8-10-16)24(20(19)26)12-17-6-5-11-27-17/h5-11H,4,12-13H2,1-3H3. The molecular formula is C21H22N4O2S. The first-order chi connectivity index (χ1) is 13.6. The van der Waals surface area contributed by atoms with Gasteiger partial charge in [-0.3, -0.25) is 14.0 Å². The van der Waals surface area contributed by atoms with Gasteiger partial charge in [-0.25, -0.2) is 4.98 Å². The number of thioether (sulfide) groups is 1. The van der Waals surface area contributed by atoms with E-state index in [1.54, 1.807) is 27.3 Å². The SMILES string of the molecule is CCn1nc(C)c2nc(SCc3ccc(C)cc3)n(Cc3ccco3)c(=O)c21. The topological polar surface area (TPSA) is 65.8 Å². The summed E-state index contributed by atoms with van der Waals surface area (Å²) < 4.78 is 8.90. The van der Waals surface area contributed by atoms with Crippen molar-refractivity contribution < 1.29 is 4.42 Å². The molecule has 0 aliphatic rings. The van der Waals surface area contributed by atoms with Crippen molar-refractivity contribution in [3.8, 4) is 0 Å². The van der Waals surface area contributed by atoms with E-state index >= 15 is 0 Å². The number of aromatic nitrogens is 4. The van der Waals surface area contributed by atoms with Crippen LogP contribution in [0.3, 0.4) is 0 Å². The molecule has 0 aliphatic heterocycles. The molecule has 28 heavy (non-hydrogen) atoms. The fourth-order valence-corrected chi connectivity index (χ4v) is 4.10. The number of rotatable bonds is 6. The van der Waals surface area contributed by atoms with Crippen LogP contribution in [0.4, 0.5) is 0 Å². The molecule has 4 rings (SSSR count). The second-order valence-corrected chi connectivity index (χ2v) is 7.68. The van der Waals surface area contributed by atoms with Crippen LogP contribution in [0, 0.1) is 13.8 Å². The van der Waals surface area contributed by atoms with Gasteiger partial charge in [0.1, 0.15) is 11.3 Å². The van der Waals surface area contributed by atoms with E-state index in [-0.39, 0.29) is 5.56 Å². The molecule has 0 saturated heterocycles. The average molecular weight is 395 g/mol. The van der Waals surface area contributed by atoms with Gasteiger partial charge in [-0.15, -0.1) is 0 Å². The lowest BCUT2D eigenvalue weighted by molar-refractivity contribution is 0.476. The largest absolute Gasteiger partial charge is 0.467 e. The fraction of sp³-hybridized carbons (Fsp3) is 0.286. The van der Waals surface area contributed by atoms with Crippen molar-refractivity contribution in [1.29, 1.82) is 0 Å². The molecular weight excluding hydrogens is 372 g/mol. The van der Waals surface area contributed by atoms with Crippen LogP contribution in [-0.4, -0.2) is 19.3 Å². The Labute approximate surface area is 167 Å². The van der Waals surface area contributed by atoms with Crippen molar-refractivity contribution in [3.63, 3.8) is 0 Å². The van der Waals surface area contributed by atoms with Crippen molar-refractivity contribution in [3.05, 3.63) is 75.6 Å². The molecule has 3 heterocycles. The number of nitrogens with zero attached hydrogens (tertiary/aromatic N) is 4. The third-order valence-corrected chi connectivity index (χ3v) is 5.71. The van der Waals surface area contributed by atoms with Crippen LogP contribution >= 0.6 is 11.8 Å². The third kappa shape index (κ3) is 3.49. The minimum Gasteiger partial charge on any atom is -0.467 e. The fourth-order valence-electron chi connectivity index (χ4n) is 3.16. The number of hydrogen-bond donors (Lipinski definition) is 0. The van der Waals surface area contributed by atoms with E-state index in [0.717, 1.165) is 17.2 Å². The molecule has 0 spiro atoms. The molecule has 1 aromatic carbocycles. The Kier molecular flexibility index (Phi) is 5.09. The van der Waals surface area contributed by atoms with Gasteiger partial charge in [0.2, 0.25) is 0 Å². The highest BCUT2D eigenvalue weighted by molar-refractivity contribution is 7.98. The van der Waals surface area contributed by atoms with Crippen LogP contribution in [0.15, 0.2) is 57.0 Å². The number of benzene rings is 1. The highest BCUT2D eigenvalue weighted by Crippen LogP contribution is 2.24. The predicted molar refractivity (Wildman–Crippen MR) is 111 cm³/mol. The van der Waals surface area contributed by atoms with E-state index in [2.05, 4.69) is 36.3 Å². The molecule has 0 N–H and O–H groups in total. The lowest BCUT2D eigenvalue weighted by atomic mass is 10.2. The molecule has 0 aliphatic carbocycles. The number of aryl methyl sites for hydroxylation is 3. The van der Waals surface area contributed by atoms with E-state index in [4.69, 9.17) is 9.40 Å². The smallest absolute Gasteiger partial charge is 0.280 e. The Morgan fingerprint density at radius 2 is 1.93 bits per heavy atom. The van der Waals surface area contributed by atoms with Crippen molar-refractivity contribution in [1.82, 2.24) is 19.3 Å². The van der Waals surface area contributed by atoms with Crippen molar-refractivity contribution in [2.24, 2.45) is 0 Å². The van der Waals surface area contributed by atoms with Crippen molar-refractivity contribution in [2.75, 3.05) is 0 Å². The molecule has 0 saturated carbocycles. The van der Waals surface area contributed by atoms with Crippen molar-refractivity contribution >= 4 is 22.8 Å². The van der Waals surface area contributed by atoms with Gasteiger partial charge >= 0.3 is 0 Å². The van der Waals surface area contributed by atoms with Crippen LogP contribution in [0.1, 0.15) is 29.5 Å². The maximum atomic E-state index is 13.3. The average Bonchev–Trinajstić information content (AvgIpc) is 3.31. The summed E-state index contributed by atoms with van der Waals surface area (Å²) in [6, 6.07) is 12.1. The highest BCUT2D eigenvalue weighted by atomic mass is 32.2. The van der Waals surface area contributed by atoms with Crippen LogP contribution in [0.2, 0.25) is 0 Å². The van der Waals surface area contributed by atoms with Gasteiger partial charge in [0.25, 0.3) is 5.56 Å². The van der Waals surface area contributed by atoms with Crippen LogP contribution in [-0.2, 0) is 18.8 Å². The molecule has 3 aromatic heterocycles. The first kappa shape index (κ1) is 18.6. The maximum absolute atomic E-state index is 13.3. The Balaban J connectivity index is 1.79. The van der Waals surface area contributed by atoms with Crippen molar-refractivity contribution in [2.45, 2.75) is 44.8 Å². The van der Waals surface area contributed by atoms with Gasteiger partial charge in [0, 0.05) is 12.3 Å². The van der Waals surface area contributed by atoms with E-state index in [1.807, 2.05) is 26.0 Å². The second-order valence-electron chi connectivity index (χ2n) is 6.74. The zero-order valence-electron chi connectivity index (χ0n) is 16.2. The number of fused-ring (bicyclic) bond motifs is 1. The first-order valence-corrected chi connectivity index (χ1v) is 10.2. The molecule has 0 radical (unpaired) electrons. The molecule has 4 aromatic rings. The Hall–Kier alpha value is -2.80. The lowest BCUT2D eigenvalue weighted by Gasteiger charge is -2.12. The summed E-state index contributed by atoms with van der Waals surface area (Å²) in [5.41, 5.74) is 4.33. The van der Waals surface area contributed by atoms with Gasteiger partial charge in [0.05, 0.1) is 18.5 Å². The summed E-state index contributed by atoms with van der Waals surface area (Å²) in [4.78, 5) is 18.1. The zero-order chi connectivity index (χ0) is 19.7. The zero-order valence-corrected chi connectivity index (χ0v) is 17.0. The molecule has 0 fully saturated rings. The van der Waals surface area contributed by atoms with Gasteiger partial charge < -0.3 is 4.42 Å². The molecule has 144 valence electrons. The lowest BCUT2D eigenvalue weighted by Crippen LogP contribution is -2.25. The normalized spacial score (nSPS) is 11.4. The Bertz CT molecular complexity index is 1160. The molecule has 0 amide bonds. The van der Waals surface area contributed by atoms with Gasteiger partial charge in [-0.2, -0.15) is 5.10 Å². The number of hydrogen-bond acceptors (Lipinski definition) is 5. The summed E-state index contributed by atoms with van der Waals surface area (Å²) in [6.07, 6.45) is 1.62. The second kappa shape index (κ2) is 7.67. The molecule has 0 atom stereocenters. The highest BCUT2D eigenvalue weighted by Gasteiger charge is 2.19. The van der Waals surface area contributed by atoms with Gasteiger partial charge in [0.15, 0.2) is 10.7 Å². The summed E-state index contributed by atoms with van der Waals surface area (Å²) in [7, 11) is 0. The molecule has 6 nitrogen and oxygen atoms in total. The van der Waals surface area contributed by atoms with Crippen LogP contribution in [0.25, 0.3) is 11.0 Å². The van der Waals surface area contributed by atoms with E-state index in [1.165, 1.54) is 11.1 Å². The molecule has 0 unspecified atom stereocenters. The molecule has 7 heteroatoms. The van der Waals surface area contributed by atoms with Gasteiger partial charge in [-0.05, 0) is 38.5 Å². The number of furan rings is 1. The Morgan fingerprint density at radius 3 is 2.61 bits per heavy atom. The van der Waals surface area contributed by atoms with Crippen LogP contribution in [0.5, 0.6) is 0 Å². The quantitative estimate of drug-likeness (QED) is 0.363. The monoisotopic (exact) mass is 394 g/mol. The maximum Gasteiger partial charge on any atom is 0.280 e. The third-order valence-electron chi connectivity index (χ3n) is 4.66. The summed E-state index contributed by atoms with van der Waals surface area (Å²) >= 11 is 1.56. The predicted octanol–water partition coefficient (Wildman–Crippen LogP) is 4.16.